The standard InChI is InChI=1S/C11H16BrClN2.ClH/c1-8(6-14)15(2)7-9-3-4-10(12)5-11(9)13;/h3-5,8H,6-7,14H2,1-2H3;1H. The highest BCUT2D eigenvalue weighted by Crippen LogP contribution is 2.22. The van der Waals surface area contributed by atoms with Crippen LogP contribution in [0, 0.1) is 0 Å². The molecule has 1 atom stereocenters. The van der Waals surface area contributed by atoms with E-state index in [1.54, 1.807) is 0 Å². The number of nitrogens with two attached hydrogens (primary N) is 1. The van der Waals surface area contributed by atoms with E-state index in [1.807, 2.05) is 18.2 Å². The lowest BCUT2D eigenvalue weighted by molar-refractivity contribution is 0.255. The molecular formula is C11H17BrCl2N2. The first-order valence-corrected chi connectivity index (χ1v) is 6.06. The second-order valence-electron chi connectivity index (χ2n) is 3.74. The third-order valence-corrected chi connectivity index (χ3v) is 3.37. The van der Waals surface area contributed by atoms with Crippen LogP contribution in [0.3, 0.4) is 0 Å². The molecule has 2 nitrogen and oxygen atoms in total. The van der Waals surface area contributed by atoms with Crippen LogP contribution >= 0.6 is 39.9 Å². The maximum Gasteiger partial charge on any atom is 0.0462 e. The van der Waals surface area contributed by atoms with Crippen LogP contribution in [0.4, 0.5) is 0 Å². The minimum atomic E-state index is 0. The fourth-order valence-corrected chi connectivity index (χ4v) is 1.99. The molecule has 0 heterocycles. The van der Waals surface area contributed by atoms with Crippen molar-refractivity contribution < 1.29 is 0 Å². The lowest BCUT2D eigenvalue weighted by Crippen LogP contribution is -2.34. The molecule has 0 aliphatic carbocycles. The zero-order chi connectivity index (χ0) is 11.4. The van der Waals surface area contributed by atoms with Gasteiger partial charge in [-0.2, -0.15) is 0 Å². The lowest BCUT2D eigenvalue weighted by Gasteiger charge is -2.23. The summed E-state index contributed by atoms with van der Waals surface area (Å²) in [6.45, 7) is 3.59. The van der Waals surface area contributed by atoms with Gasteiger partial charge in [0.05, 0.1) is 0 Å². The molecule has 0 saturated heterocycles. The summed E-state index contributed by atoms with van der Waals surface area (Å²) in [5.41, 5.74) is 6.73. The van der Waals surface area contributed by atoms with Crippen molar-refractivity contribution >= 4 is 39.9 Å². The Morgan fingerprint density at radius 1 is 1.50 bits per heavy atom. The fourth-order valence-electron chi connectivity index (χ4n) is 1.25. The van der Waals surface area contributed by atoms with Crippen molar-refractivity contribution in [2.24, 2.45) is 5.73 Å². The summed E-state index contributed by atoms with van der Waals surface area (Å²) in [7, 11) is 2.05. The SMILES string of the molecule is CC(CN)N(C)Cc1ccc(Br)cc1Cl.Cl. The van der Waals surface area contributed by atoms with Gasteiger partial charge in [0.25, 0.3) is 0 Å². The summed E-state index contributed by atoms with van der Waals surface area (Å²) in [5, 5.41) is 0.792. The van der Waals surface area contributed by atoms with E-state index >= 15 is 0 Å². The first kappa shape index (κ1) is 16.2. The molecule has 1 aromatic carbocycles. The van der Waals surface area contributed by atoms with Gasteiger partial charge in [-0.05, 0) is 31.7 Å². The van der Waals surface area contributed by atoms with Crippen molar-refractivity contribution in [1.82, 2.24) is 4.90 Å². The maximum atomic E-state index is 6.13. The molecule has 1 aromatic rings. The number of hydrogen-bond acceptors (Lipinski definition) is 2. The summed E-state index contributed by atoms with van der Waals surface area (Å²) in [4.78, 5) is 2.19. The molecule has 0 fully saturated rings. The summed E-state index contributed by atoms with van der Waals surface area (Å²) in [6, 6.07) is 6.32. The summed E-state index contributed by atoms with van der Waals surface area (Å²) < 4.78 is 1.01. The van der Waals surface area contributed by atoms with E-state index in [1.165, 1.54) is 0 Å². The van der Waals surface area contributed by atoms with Crippen molar-refractivity contribution in [1.29, 1.82) is 0 Å². The minimum Gasteiger partial charge on any atom is -0.329 e. The molecule has 0 radical (unpaired) electrons. The first-order valence-electron chi connectivity index (χ1n) is 4.89. The quantitative estimate of drug-likeness (QED) is 0.919. The molecule has 0 saturated carbocycles. The molecule has 0 amide bonds. The highest BCUT2D eigenvalue weighted by atomic mass is 79.9. The van der Waals surface area contributed by atoms with Crippen LogP contribution in [-0.2, 0) is 6.54 Å². The Kier molecular flexibility index (Phi) is 7.61. The van der Waals surface area contributed by atoms with E-state index in [4.69, 9.17) is 17.3 Å². The highest BCUT2D eigenvalue weighted by molar-refractivity contribution is 9.10. The molecule has 0 bridgehead atoms. The maximum absolute atomic E-state index is 6.13. The van der Waals surface area contributed by atoms with Crippen molar-refractivity contribution in [3.8, 4) is 0 Å². The van der Waals surface area contributed by atoms with E-state index in [9.17, 15) is 0 Å². The van der Waals surface area contributed by atoms with Crippen LogP contribution in [0.25, 0.3) is 0 Å². The van der Waals surface area contributed by atoms with Crippen LogP contribution in [0.5, 0.6) is 0 Å². The molecule has 0 aliphatic rings. The van der Waals surface area contributed by atoms with Gasteiger partial charge in [0.1, 0.15) is 0 Å². The zero-order valence-electron chi connectivity index (χ0n) is 9.41. The zero-order valence-corrected chi connectivity index (χ0v) is 12.6. The third kappa shape index (κ3) is 4.60. The minimum absolute atomic E-state index is 0. The highest BCUT2D eigenvalue weighted by Gasteiger charge is 2.09. The summed E-state index contributed by atoms with van der Waals surface area (Å²) in [5.74, 6) is 0. The molecule has 5 heteroatoms. The Hall–Kier alpha value is 0.200. The number of likely N-dealkylation sites (N-methyl/N-ethyl adjacent to an activating group) is 1. The van der Waals surface area contributed by atoms with Crippen molar-refractivity contribution in [2.75, 3.05) is 13.6 Å². The largest absolute Gasteiger partial charge is 0.329 e. The second kappa shape index (κ2) is 7.51. The number of halogens is 3. The average Bonchev–Trinajstić information content (AvgIpc) is 2.20. The van der Waals surface area contributed by atoms with Crippen LogP contribution < -0.4 is 5.73 Å². The van der Waals surface area contributed by atoms with Crippen LogP contribution in [-0.4, -0.2) is 24.5 Å². The van der Waals surface area contributed by atoms with Gasteiger partial charge < -0.3 is 5.73 Å². The Bertz CT molecular complexity index is 334. The number of hydrogen-bond donors (Lipinski definition) is 1. The Balaban J connectivity index is 0.00000225. The van der Waals surface area contributed by atoms with E-state index in [-0.39, 0.29) is 12.4 Å². The van der Waals surface area contributed by atoms with E-state index in [0.717, 1.165) is 21.6 Å². The number of nitrogens with zero attached hydrogens (tertiary/aromatic N) is 1. The molecule has 2 N–H and O–H groups in total. The molecule has 0 aliphatic heterocycles. The fraction of sp³-hybridized carbons (Fsp3) is 0.455. The van der Waals surface area contributed by atoms with Gasteiger partial charge >= 0.3 is 0 Å². The molecule has 1 unspecified atom stereocenters. The third-order valence-electron chi connectivity index (χ3n) is 2.53. The Morgan fingerprint density at radius 2 is 2.12 bits per heavy atom. The predicted molar refractivity (Wildman–Crippen MR) is 76.4 cm³/mol. The van der Waals surface area contributed by atoms with E-state index < -0.39 is 0 Å². The van der Waals surface area contributed by atoms with Crippen molar-refractivity contribution in [2.45, 2.75) is 19.5 Å². The average molecular weight is 328 g/mol. The van der Waals surface area contributed by atoms with Gasteiger partial charge in [-0.3, -0.25) is 4.90 Å². The number of rotatable bonds is 4. The smallest absolute Gasteiger partial charge is 0.0462 e. The van der Waals surface area contributed by atoms with Gasteiger partial charge in [-0.15, -0.1) is 12.4 Å². The monoisotopic (exact) mass is 326 g/mol. The number of benzene rings is 1. The molecule has 1 rings (SSSR count). The summed E-state index contributed by atoms with van der Waals surface area (Å²) >= 11 is 9.52. The normalized spacial score (nSPS) is 12.4. The van der Waals surface area contributed by atoms with Gasteiger partial charge in [-0.25, -0.2) is 0 Å². The van der Waals surface area contributed by atoms with Crippen LogP contribution in [0.15, 0.2) is 22.7 Å². The molecular weight excluding hydrogens is 311 g/mol. The molecule has 92 valence electrons. The van der Waals surface area contributed by atoms with Gasteiger partial charge in [0.15, 0.2) is 0 Å². The molecule has 0 aromatic heterocycles. The van der Waals surface area contributed by atoms with E-state index in [0.29, 0.717) is 12.6 Å². The topological polar surface area (TPSA) is 29.3 Å². The Morgan fingerprint density at radius 3 is 2.62 bits per heavy atom. The lowest BCUT2D eigenvalue weighted by atomic mass is 10.2. The van der Waals surface area contributed by atoms with Gasteiger partial charge in [0, 0.05) is 28.6 Å². The van der Waals surface area contributed by atoms with Crippen molar-refractivity contribution in [3.63, 3.8) is 0 Å². The predicted octanol–water partition coefficient (Wildman–Crippen LogP) is 3.30. The van der Waals surface area contributed by atoms with Crippen molar-refractivity contribution in [3.05, 3.63) is 33.3 Å². The van der Waals surface area contributed by atoms with Crippen LogP contribution in [0.2, 0.25) is 5.02 Å². The second-order valence-corrected chi connectivity index (χ2v) is 5.06. The van der Waals surface area contributed by atoms with Crippen LogP contribution in [0.1, 0.15) is 12.5 Å². The van der Waals surface area contributed by atoms with Gasteiger partial charge in [0.2, 0.25) is 0 Å². The molecule has 0 spiro atoms. The Labute approximate surface area is 117 Å². The molecule has 16 heavy (non-hydrogen) atoms. The summed E-state index contributed by atoms with van der Waals surface area (Å²) in [6.07, 6.45) is 0. The van der Waals surface area contributed by atoms with E-state index in [2.05, 4.69) is 34.8 Å². The first-order chi connectivity index (χ1) is 7.04. The van der Waals surface area contributed by atoms with Gasteiger partial charge in [-0.1, -0.05) is 33.6 Å².